The Morgan fingerprint density at radius 1 is 0.938 bits per heavy atom. The van der Waals surface area contributed by atoms with Gasteiger partial charge in [-0.05, 0) is 29.2 Å². The normalized spacial score (nSPS) is 20.9. The molecule has 1 fully saturated rings. The van der Waals surface area contributed by atoms with Gasteiger partial charge in [-0.3, -0.25) is 9.59 Å². The summed E-state index contributed by atoms with van der Waals surface area (Å²) in [4.78, 5) is 27.9. The number of carbonyl (C=O) groups excluding carboxylic acids is 2. The van der Waals surface area contributed by atoms with Gasteiger partial charge in [0.05, 0.1) is 18.6 Å². The summed E-state index contributed by atoms with van der Waals surface area (Å²) in [6, 6.07) is 27.7. The third-order valence-corrected chi connectivity index (χ3v) is 6.45. The minimum absolute atomic E-state index is 0.00976. The fourth-order valence-corrected chi connectivity index (χ4v) is 4.65. The second-order valence-corrected chi connectivity index (χ2v) is 8.60. The largest absolute Gasteiger partial charge is 0.376 e. The van der Waals surface area contributed by atoms with E-state index >= 15 is 0 Å². The zero-order chi connectivity index (χ0) is 22.0. The fraction of sp³-hybridized carbons (Fsp3) is 0.259. The van der Waals surface area contributed by atoms with E-state index in [-0.39, 0.29) is 24.3 Å². The third-order valence-electron chi connectivity index (χ3n) is 6.45. The highest BCUT2D eigenvalue weighted by atomic mass is 16.5. The molecule has 1 aliphatic heterocycles. The molecule has 0 spiro atoms. The minimum Gasteiger partial charge on any atom is -0.376 e. The molecule has 2 aliphatic rings. The number of anilines is 1. The van der Waals surface area contributed by atoms with Crippen molar-refractivity contribution in [1.82, 2.24) is 5.32 Å². The lowest BCUT2D eigenvalue weighted by atomic mass is 9.92. The van der Waals surface area contributed by atoms with Crippen molar-refractivity contribution < 1.29 is 14.3 Å². The number of ether oxygens (including phenoxy) is 1. The van der Waals surface area contributed by atoms with Crippen LogP contribution in [0.4, 0.5) is 5.69 Å². The first-order chi connectivity index (χ1) is 15.7. The Bertz CT molecular complexity index is 1120. The number of fused-ring (bicyclic) bond motifs is 3. The first-order valence-corrected chi connectivity index (χ1v) is 11.0. The molecule has 0 bridgehead atoms. The van der Waals surface area contributed by atoms with Crippen molar-refractivity contribution in [2.75, 3.05) is 18.1 Å². The molecule has 5 heteroatoms. The van der Waals surface area contributed by atoms with E-state index in [1.54, 1.807) is 4.90 Å². The molecule has 3 aromatic carbocycles. The van der Waals surface area contributed by atoms with Crippen LogP contribution in [0.3, 0.4) is 0 Å². The number of carbonyl (C=O) groups is 2. The lowest BCUT2D eigenvalue weighted by Gasteiger charge is -2.33. The Morgan fingerprint density at radius 2 is 1.59 bits per heavy atom. The molecule has 0 radical (unpaired) electrons. The molecule has 5 nitrogen and oxygen atoms in total. The molecule has 32 heavy (non-hydrogen) atoms. The van der Waals surface area contributed by atoms with Gasteiger partial charge in [-0.15, -0.1) is 0 Å². The van der Waals surface area contributed by atoms with Crippen molar-refractivity contribution >= 4 is 17.5 Å². The maximum Gasteiger partial charge on any atom is 0.240 e. The number of rotatable bonds is 8. The molecule has 162 valence electrons. The number of amides is 2. The maximum absolute atomic E-state index is 13.6. The van der Waals surface area contributed by atoms with Crippen LogP contribution in [0.2, 0.25) is 0 Å². The predicted octanol–water partition coefficient (Wildman–Crippen LogP) is 4.04. The Kier molecular flexibility index (Phi) is 5.50. The molecule has 1 N–H and O–H groups in total. The van der Waals surface area contributed by atoms with Crippen LogP contribution in [0.25, 0.3) is 0 Å². The molecule has 5 rings (SSSR count). The van der Waals surface area contributed by atoms with Gasteiger partial charge in [-0.2, -0.15) is 0 Å². The van der Waals surface area contributed by atoms with Crippen molar-refractivity contribution in [1.29, 1.82) is 0 Å². The van der Waals surface area contributed by atoms with E-state index in [0.717, 1.165) is 28.8 Å². The number of benzene rings is 3. The number of hydrogen-bond donors (Lipinski definition) is 1. The molecular weight excluding hydrogens is 400 g/mol. The molecule has 0 aromatic heterocycles. The Labute approximate surface area is 188 Å². The zero-order valence-corrected chi connectivity index (χ0v) is 17.9. The van der Waals surface area contributed by atoms with Gasteiger partial charge < -0.3 is 15.0 Å². The summed E-state index contributed by atoms with van der Waals surface area (Å²) in [5.41, 5.74) is 3.52. The number of nitrogens with one attached hydrogen (secondary N) is 1. The molecule has 0 unspecified atom stereocenters. The highest BCUT2D eigenvalue weighted by Gasteiger charge is 2.65. The molecular formula is C27H26N2O3. The van der Waals surface area contributed by atoms with E-state index < -0.39 is 5.41 Å². The molecule has 2 atom stereocenters. The quantitative estimate of drug-likeness (QED) is 0.591. The van der Waals surface area contributed by atoms with Crippen LogP contribution < -0.4 is 10.2 Å². The Hall–Kier alpha value is -3.44. The van der Waals surface area contributed by atoms with Crippen LogP contribution in [0.5, 0.6) is 0 Å². The maximum atomic E-state index is 13.6. The van der Waals surface area contributed by atoms with E-state index in [9.17, 15) is 9.59 Å². The first-order valence-electron chi connectivity index (χ1n) is 11.0. The monoisotopic (exact) mass is 426 g/mol. The highest BCUT2D eigenvalue weighted by molar-refractivity contribution is 6.07. The van der Waals surface area contributed by atoms with Gasteiger partial charge in [0.25, 0.3) is 0 Å². The van der Waals surface area contributed by atoms with Crippen LogP contribution in [0.1, 0.15) is 29.0 Å². The van der Waals surface area contributed by atoms with E-state index in [1.807, 2.05) is 78.9 Å². The van der Waals surface area contributed by atoms with Crippen molar-refractivity contribution in [2.24, 2.45) is 5.41 Å². The molecule has 1 heterocycles. The van der Waals surface area contributed by atoms with Crippen LogP contribution in [0, 0.1) is 5.41 Å². The summed E-state index contributed by atoms with van der Waals surface area (Å²) in [5, 5.41) is 2.94. The lowest BCUT2D eigenvalue weighted by Crippen LogP contribution is -2.48. The summed E-state index contributed by atoms with van der Waals surface area (Å²) in [7, 11) is 0. The average Bonchev–Trinajstić information content (AvgIpc) is 3.58. The van der Waals surface area contributed by atoms with Crippen LogP contribution in [0.15, 0.2) is 84.9 Å². The number of nitrogens with zero attached hydrogens (tertiary/aromatic N) is 1. The lowest BCUT2D eigenvalue weighted by molar-refractivity contribution is -0.129. The fourth-order valence-electron chi connectivity index (χ4n) is 4.65. The smallest absolute Gasteiger partial charge is 0.240 e. The van der Waals surface area contributed by atoms with Crippen molar-refractivity contribution in [3.05, 3.63) is 102 Å². The van der Waals surface area contributed by atoms with Crippen LogP contribution in [-0.2, 0) is 27.5 Å². The van der Waals surface area contributed by atoms with Gasteiger partial charge >= 0.3 is 0 Å². The van der Waals surface area contributed by atoms with Gasteiger partial charge in [-0.1, -0.05) is 78.9 Å². The molecule has 3 aromatic rings. The second kappa shape index (κ2) is 8.60. The summed E-state index contributed by atoms with van der Waals surface area (Å²) >= 11 is 0. The summed E-state index contributed by atoms with van der Waals surface area (Å²) < 4.78 is 6.00. The van der Waals surface area contributed by atoms with Crippen LogP contribution >= 0.6 is 0 Å². The first kappa shape index (κ1) is 20.5. The zero-order valence-electron chi connectivity index (χ0n) is 17.9. The minimum atomic E-state index is -0.567. The summed E-state index contributed by atoms with van der Waals surface area (Å²) in [6.45, 7) is 1.29. The summed E-state index contributed by atoms with van der Waals surface area (Å²) in [6.07, 6.45) is 0.764. The molecule has 2 amide bonds. The number of hydrogen-bond acceptors (Lipinski definition) is 3. The average molecular weight is 427 g/mol. The van der Waals surface area contributed by atoms with Gasteiger partial charge in [0.2, 0.25) is 11.8 Å². The highest BCUT2D eigenvalue weighted by Crippen LogP contribution is 2.65. The standard InChI is InChI=1S/C27H26N2O3/c30-25(28-16-20-9-3-1-4-10-20)17-29-24-14-8-7-13-22(24)23-15-27(23,26(29)31)19-32-18-21-11-5-2-6-12-21/h1-14,23H,15-19H2,(H,28,30)/t23-,27+/m0/s1. The molecule has 1 saturated carbocycles. The van der Waals surface area contributed by atoms with E-state index in [2.05, 4.69) is 11.4 Å². The molecule has 0 saturated heterocycles. The van der Waals surface area contributed by atoms with Gasteiger partial charge in [0.1, 0.15) is 6.54 Å². The molecule has 1 aliphatic carbocycles. The predicted molar refractivity (Wildman–Crippen MR) is 123 cm³/mol. The van der Waals surface area contributed by atoms with Crippen LogP contribution in [-0.4, -0.2) is 25.0 Å². The SMILES string of the molecule is O=C(CN1C(=O)[C@@]2(COCc3ccccc3)C[C@H]2c2ccccc21)NCc1ccccc1. The topological polar surface area (TPSA) is 58.6 Å². The van der Waals surface area contributed by atoms with Gasteiger partial charge in [0.15, 0.2) is 0 Å². The van der Waals surface area contributed by atoms with Crippen molar-refractivity contribution in [3.8, 4) is 0 Å². The van der Waals surface area contributed by atoms with Crippen molar-refractivity contribution in [2.45, 2.75) is 25.5 Å². The van der Waals surface area contributed by atoms with E-state index in [4.69, 9.17) is 4.74 Å². The van der Waals surface area contributed by atoms with Gasteiger partial charge in [-0.25, -0.2) is 0 Å². The summed E-state index contributed by atoms with van der Waals surface area (Å²) in [5.74, 6) is -0.0220. The number of para-hydroxylation sites is 1. The Morgan fingerprint density at radius 3 is 2.34 bits per heavy atom. The Balaban J connectivity index is 1.29. The third kappa shape index (κ3) is 3.92. The van der Waals surface area contributed by atoms with E-state index in [0.29, 0.717) is 19.8 Å². The van der Waals surface area contributed by atoms with Gasteiger partial charge in [0, 0.05) is 18.2 Å². The van der Waals surface area contributed by atoms with E-state index in [1.165, 1.54) is 0 Å². The second-order valence-electron chi connectivity index (χ2n) is 8.60. The van der Waals surface area contributed by atoms with Crippen molar-refractivity contribution in [3.63, 3.8) is 0 Å².